The number of likely N-dealkylation sites (tertiary alicyclic amines) is 1. The molecule has 0 radical (unpaired) electrons. The van der Waals surface area contributed by atoms with Crippen molar-refractivity contribution in [1.29, 1.82) is 0 Å². The van der Waals surface area contributed by atoms with Crippen molar-refractivity contribution in [3.63, 3.8) is 0 Å². The summed E-state index contributed by atoms with van der Waals surface area (Å²) in [6, 6.07) is -1.36. The number of aliphatic hydroxyl groups excluding tert-OH is 1. The lowest BCUT2D eigenvalue weighted by atomic mass is 9.70. The smallest absolute Gasteiger partial charge is 0.248 e. The van der Waals surface area contributed by atoms with Crippen molar-refractivity contribution < 1.29 is 24.2 Å². The van der Waals surface area contributed by atoms with Gasteiger partial charge < -0.3 is 24.5 Å². The summed E-state index contributed by atoms with van der Waals surface area (Å²) in [5.41, 5.74) is -1.12. The number of alkyl halides is 1. The van der Waals surface area contributed by atoms with Gasteiger partial charge in [-0.3, -0.25) is 14.4 Å². The number of amides is 3. The number of halogens is 1. The maximum absolute atomic E-state index is 14.6. The van der Waals surface area contributed by atoms with Gasteiger partial charge in [-0.05, 0) is 31.6 Å². The first-order valence-corrected chi connectivity index (χ1v) is 15.1. The number of hydrogen-bond donors (Lipinski definition) is 1. The number of likely N-dealkylation sites (N-methyl/N-ethyl adjacent to an activating group) is 1. The van der Waals surface area contributed by atoms with Gasteiger partial charge >= 0.3 is 0 Å². The highest BCUT2D eigenvalue weighted by molar-refractivity contribution is 9.09. The van der Waals surface area contributed by atoms with Gasteiger partial charge in [-0.25, -0.2) is 0 Å². The standard InChI is InChI=1S/C29H44BrN3O5/c1-6-13-31(5)26(35)22-23-27(36)33(20(17-34)15-18(3)4)25(29(23)16-21(30)24(22)38-29)28(37)32(14-7-2)19-11-9-8-10-12-19/h6-7,18-25,34H,1-2,8-17H2,3-5H3/t20-,21?,22+,23+,24+,25?,29?/m1/s1. The lowest BCUT2D eigenvalue weighted by Gasteiger charge is -2.42. The van der Waals surface area contributed by atoms with E-state index in [0.717, 1.165) is 32.1 Å². The first kappa shape index (κ1) is 29.3. The second-order valence-corrected chi connectivity index (χ2v) is 13.1. The Morgan fingerprint density at radius 2 is 1.84 bits per heavy atom. The minimum atomic E-state index is -1.12. The summed E-state index contributed by atoms with van der Waals surface area (Å²) < 4.78 is 6.67. The van der Waals surface area contributed by atoms with Gasteiger partial charge in [0.2, 0.25) is 17.7 Å². The van der Waals surface area contributed by atoms with Crippen LogP contribution in [0.1, 0.15) is 58.8 Å². The van der Waals surface area contributed by atoms with E-state index in [-0.39, 0.29) is 41.1 Å². The second kappa shape index (κ2) is 11.8. The van der Waals surface area contributed by atoms with Crippen LogP contribution in [0.3, 0.4) is 0 Å². The highest BCUT2D eigenvalue weighted by Gasteiger charge is 2.77. The zero-order chi connectivity index (χ0) is 27.8. The van der Waals surface area contributed by atoms with Gasteiger partial charge in [0.25, 0.3) is 0 Å². The van der Waals surface area contributed by atoms with Gasteiger partial charge in [-0.15, -0.1) is 13.2 Å². The van der Waals surface area contributed by atoms with E-state index in [1.54, 1.807) is 29.0 Å². The van der Waals surface area contributed by atoms with Gasteiger partial charge in [-0.2, -0.15) is 0 Å². The lowest BCUT2D eigenvalue weighted by Crippen LogP contribution is -2.60. The predicted molar refractivity (Wildman–Crippen MR) is 149 cm³/mol. The van der Waals surface area contributed by atoms with Gasteiger partial charge in [0.1, 0.15) is 11.6 Å². The average molecular weight is 595 g/mol. The molecule has 2 bridgehead atoms. The van der Waals surface area contributed by atoms with Crippen molar-refractivity contribution in [2.24, 2.45) is 17.8 Å². The third-order valence-corrected chi connectivity index (χ3v) is 9.84. The minimum absolute atomic E-state index is 0.0776. The fourth-order valence-electron chi connectivity index (χ4n) is 7.49. The van der Waals surface area contributed by atoms with Crippen LogP contribution in [0.5, 0.6) is 0 Å². The van der Waals surface area contributed by atoms with Gasteiger partial charge in [0.15, 0.2) is 0 Å². The van der Waals surface area contributed by atoms with Gasteiger partial charge in [0.05, 0.1) is 30.6 Å². The summed E-state index contributed by atoms with van der Waals surface area (Å²) >= 11 is 3.74. The Balaban J connectivity index is 1.80. The number of ether oxygens (including phenoxy) is 1. The van der Waals surface area contributed by atoms with Crippen molar-refractivity contribution in [1.82, 2.24) is 14.7 Å². The van der Waals surface area contributed by atoms with Crippen LogP contribution in [-0.2, 0) is 19.1 Å². The normalized spacial score (nSPS) is 33.4. The number of nitrogens with zero attached hydrogens (tertiary/aromatic N) is 3. The SMILES string of the molecule is C=CCN(C)C(=O)[C@H]1[C@H]2C(=O)N([C@@H](CO)CC(C)C)C(C(=O)N(CC=C)C3CCCCC3)C23CC(Br)[C@@H]1O3. The third kappa shape index (κ3) is 4.87. The van der Waals surface area contributed by atoms with Crippen molar-refractivity contribution >= 4 is 33.7 Å². The first-order chi connectivity index (χ1) is 18.1. The molecule has 3 saturated heterocycles. The largest absolute Gasteiger partial charge is 0.394 e. The van der Waals surface area contributed by atoms with E-state index in [1.165, 1.54) is 0 Å². The Kier molecular flexibility index (Phi) is 9.09. The van der Waals surface area contributed by atoms with Crippen LogP contribution in [-0.4, -0.2) is 98.9 Å². The quantitative estimate of drug-likeness (QED) is 0.293. The highest BCUT2D eigenvalue weighted by atomic mass is 79.9. The maximum atomic E-state index is 14.6. The molecule has 9 heteroatoms. The third-order valence-electron chi connectivity index (χ3n) is 9.00. The predicted octanol–water partition coefficient (Wildman–Crippen LogP) is 3.13. The van der Waals surface area contributed by atoms with Crippen LogP contribution in [0.2, 0.25) is 0 Å². The molecule has 4 rings (SSSR count). The molecule has 212 valence electrons. The molecule has 0 aromatic carbocycles. The molecule has 1 N–H and O–H groups in total. The Morgan fingerprint density at radius 3 is 2.42 bits per heavy atom. The van der Waals surface area contributed by atoms with Crippen LogP contribution in [0, 0.1) is 17.8 Å². The molecule has 1 saturated carbocycles. The highest BCUT2D eigenvalue weighted by Crippen LogP contribution is 2.61. The Hall–Kier alpha value is -1.71. The molecule has 38 heavy (non-hydrogen) atoms. The fraction of sp³-hybridized carbons (Fsp3) is 0.759. The molecule has 1 aliphatic carbocycles. The minimum Gasteiger partial charge on any atom is -0.394 e. The molecule has 4 fully saturated rings. The number of fused-ring (bicyclic) bond motifs is 1. The summed E-state index contributed by atoms with van der Waals surface area (Å²) in [4.78, 5) is 47.6. The molecule has 3 unspecified atom stereocenters. The summed E-state index contributed by atoms with van der Waals surface area (Å²) in [6.07, 6.45) is 9.04. The molecule has 0 aromatic rings. The van der Waals surface area contributed by atoms with E-state index in [4.69, 9.17) is 4.74 Å². The van der Waals surface area contributed by atoms with Crippen LogP contribution in [0.15, 0.2) is 25.3 Å². The maximum Gasteiger partial charge on any atom is 0.248 e. The van der Waals surface area contributed by atoms with Crippen LogP contribution in [0.25, 0.3) is 0 Å². The molecule has 1 spiro atoms. The van der Waals surface area contributed by atoms with E-state index in [2.05, 4.69) is 29.1 Å². The fourth-order valence-corrected chi connectivity index (χ4v) is 8.43. The van der Waals surface area contributed by atoms with Crippen molar-refractivity contribution in [3.8, 4) is 0 Å². The van der Waals surface area contributed by atoms with Crippen LogP contribution < -0.4 is 0 Å². The second-order valence-electron chi connectivity index (χ2n) is 12.0. The van der Waals surface area contributed by atoms with E-state index in [0.29, 0.717) is 25.9 Å². The van der Waals surface area contributed by atoms with E-state index in [1.807, 2.05) is 18.7 Å². The zero-order valence-corrected chi connectivity index (χ0v) is 24.6. The van der Waals surface area contributed by atoms with Gasteiger partial charge in [-0.1, -0.05) is 61.2 Å². The molecule has 7 atom stereocenters. The zero-order valence-electron chi connectivity index (χ0n) is 23.1. The van der Waals surface area contributed by atoms with Gasteiger partial charge in [0, 0.05) is 31.0 Å². The molecule has 8 nitrogen and oxygen atoms in total. The van der Waals surface area contributed by atoms with E-state index >= 15 is 0 Å². The average Bonchev–Trinajstić information content (AvgIpc) is 3.49. The van der Waals surface area contributed by atoms with Crippen LogP contribution in [0.4, 0.5) is 0 Å². The molecule has 3 heterocycles. The first-order valence-electron chi connectivity index (χ1n) is 14.1. The number of aliphatic hydroxyl groups is 1. The molecule has 0 aromatic heterocycles. The topological polar surface area (TPSA) is 90.4 Å². The summed E-state index contributed by atoms with van der Waals surface area (Å²) in [6.45, 7) is 12.2. The summed E-state index contributed by atoms with van der Waals surface area (Å²) in [5.74, 6) is -1.85. The van der Waals surface area contributed by atoms with Crippen molar-refractivity contribution in [2.45, 2.75) is 93.5 Å². The number of carbonyl (C=O) groups excluding carboxylic acids is 3. The summed E-state index contributed by atoms with van der Waals surface area (Å²) in [5, 5.41) is 10.5. The summed E-state index contributed by atoms with van der Waals surface area (Å²) in [7, 11) is 1.70. The van der Waals surface area contributed by atoms with Crippen molar-refractivity contribution in [2.75, 3.05) is 26.7 Å². The Bertz CT molecular complexity index is 937. The molecule has 3 amide bonds. The monoisotopic (exact) mass is 593 g/mol. The molecule has 3 aliphatic heterocycles. The van der Waals surface area contributed by atoms with Crippen LogP contribution >= 0.6 is 15.9 Å². The number of carbonyl (C=O) groups is 3. The number of rotatable bonds is 11. The van der Waals surface area contributed by atoms with Crippen molar-refractivity contribution in [3.05, 3.63) is 25.3 Å². The number of hydrogen-bond acceptors (Lipinski definition) is 5. The lowest BCUT2D eigenvalue weighted by molar-refractivity contribution is -0.153. The molecular weight excluding hydrogens is 550 g/mol. The Labute approximate surface area is 235 Å². The molecule has 4 aliphatic rings. The van der Waals surface area contributed by atoms with E-state index in [9.17, 15) is 19.5 Å². The van der Waals surface area contributed by atoms with E-state index < -0.39 is 35.6 Å². The Morgan fingerprint density at radius 1 is 1.18 bits per heavy atom. The molecular formula is C29H44BrN3O5.